The van der Waals surface area contributed by atoms with Gasteiger partial charge in [-0.2, -0.15) is 0 Å². The summed E-state index contributed by atoms with van der Waals surface area (Å²) in [5.74, 6) is -0.131. The minimum absolute atomic E-state index is 0.131. The largest absolute Gasteiger partial charge is 0.313 e. The molecule has 0 amide bonds. The second-order valence-electron chi connectivity index (χ2n) is 5.91. The van der Waals surface area contributed by atoms with Crippen LogP contribution in [0.5, 0.6) is 0 Å². The molecule has 0 saturated carbocycles. The van der Waals surface area contributed by atoms with E-state index in [1.165, 1.54) is 31.4 Å². The van der Waals surface area contributed by atoms with Crippen LogP contribution in [0.3, 0.4) is 0 Å². The van der Waals surface area contributed by atoms with Gasteiger partial charge in [-0.1, -0.05) is 13.0 Å². The molecule has 1 atom stereocenters. The van der Waals surface area contributed by atoms with E-state index in [0.717, 1.165) is 31.6 Å². The van der Waals surface area contributed by atoms with E-state index < -0.39 is 0 Å². The molecule has 20 heavy (non-hydrogen) atoms. The number of hydrogen-bond donors (Lipinski definition) is 1. The van der Waals surface area contributed by atoms with Crippen molar-refractivity contribution in [1.82, 2.24) is 10.2 Å². The summed E-state index contributed by atoms with van der Waals surface area (Å²) in [7, 11) is 0. The first-order valence-corrected chi connectivity index (χ1v) is 7.90. The normalized spacial score (nSPS) is 20.2. The van der Waals surface area contributed by atoms with E-state index in [1.54, 1.807) is 12.1 Å². The lowest BCUT2D eigenvalue weighted by Crippen LogP contribution is -2.46. The number of likely N-dealkylation sites (tertiary alicyclic amines) is 1. The lowest BCUT2D eigenvalue weighted by Gasteiger charge is -2.33. The molecule has 1 heterocycles. The molecule has 2 nitrogen and oxygen atoms in total. The van der Waals surface area contributed by atoms with Crippen LogP contribution in [0.1, 0.15) is 37.3 Å². The van der Waals surface area contributed by atoms with Gasteiger partial charge in [-0.05, 0) is 69.0 Å². The summed E-state index contributed by atoms with van der Waals surface area (Å²) in [5, 5.41) is 3.63. The van der Waals surface area contributed by atoms with E-state index >= 15 is 0 Å². The first kappa shape index (κ1) is 15.5. The highest BCUT2D eigenvalue weighted by molar-refractivity contribution is 5.26. The Morgan fingerprint density at radius 1 is 1.40 bits per heavy atom. The second-order valence-corrected chi connectivity index (χ2v) is 5.91. The topological polar surface area (TPSA) is 15.3 Å². The lowest BCUT2D eigenvalue weighted by molar-refractivity contribution is 0.193. The molecule has 0 bridgehead atoms. The van der Waals surface area contributed by atoms with Crippen LogP contribution < -0.4 is 5.32 Å². The monoisotopic (exact) mass is 278 g/mol. The number of piperidine rings is 1. The number of hydrogen-bond acceptors (Lipinski definition) is 2. The fourth-order valence-corrected chi connectivity index (χ4v) is 2.99. The highest BCUT2D eigenvalue weighted by Gasteiger charge is 2.18. The molecule has 3 heteroatoms. The Morgan fingerprint density at radius 2 is 2.25 bits per heavy atom. The van der Waals surface area contributed by atoms with Gasteiger partial charge in [0.25, 0.3) is 0 Å². The maximum absolute atomic E-state index is 13.1. The van der Waals surface area contributed by atoms with Gasteiger partial charge in [-0.15, -0.1) is 0 Å². The molecule has 112 valence electrons. The predicted molar refractivity (Wildman–Crippen MR) is 82.6 cm³/mol. The first-order chi connectivity index (χ1) is 9.69. The Labute approximate surface area is 122 Å². The average Bonchev–Trinajstić information content (AvgIpc) is 2.45. The third kappa shape index (κ3) is 4.57. The minimum atomic E-state index is -0.131. The zero-order valence-corrected chi connectivity index (χ0v) is 12.8. The first-order valence-electron chi connectivity index (χ1n) is 7.90. The molecule has 1 aliphatic rings. The van der Waals surface area contributed by atoms with Crippen molar-refractivity contribution in [3.05, 3.63) is 35.1 Å². The van der Waals surface area contributed by atoms with Crippen molar-refractivity contribution in [2.75, 3.05) is 26.2 Å². The van der Waals surface area contributed by atoms with Crippen molar-refractivity contribution in [2.45, 2.75) is 45.6 Å². The fourth-order valence-electron chi connectivity index (χ4n) is 2.99. The van der Waals surface area contributed by atoms with Crippen molar-refractivity contribution in [2.24, 2.45) is 0 Å². The molecule has 1 aromatic rings. The third-order valence-corrected chi connectivity index (χ3v) is 4.19. The SMILES string of the molecule is CCCNC1CCCN(CCc2ccc(F)cc2C)C1. The summed E-state index contributed by atoms with van der Waals surface area (Å²) in [5.41, 5.74) is 2.35. The molecule has 1 N–H and O–H groups in total. The van der Waals surface area contributed by atoms with Gasteiger partial charge in [-0.3, -0.25) is 0 Å². The van der Waals surface area contributed by atoms with Crippen molar-refractivity contribution < 1.29 is 4.39 Å². The molecular formula is C17H27FN2. The fraction of sp³-hybridized carbons (Fsp3) is 0.647. The summed E-state index contributed by atoms with van der Waals surface area (Å²) >= 11 is 0. The van der Waals surface area contributed by atoms with Crippen molar-refractivity contribution in [3.8, 4) is 0 Å². The maximum atomic E-state index is 13.1. The van der Waals surface area contributed by atoms with Crippen molar-refractivity contribution >= 4 is 0 Å². The van der Waals surface area contributed by atoms with Crippen molar-refractivity contribution in [3.63, 3.8) is 0 Å². The van der Waals surface area contributed by atoms with Crippen LogP contribution in [-0.2, 0) is 6.42 Å². The van der Waals surface area contributed by atoms with Gasteiger partial charge < -0.3 is 10.2 Å². The summed E-state index contributed by atoms with van der Waals surface area (Å²) in [4.78, 5) is 2.54. The minimum Gasteiger partial charge on any atom is -0.313 e. The van der Waals surface area contributed by atoms with Crippen LogP contribution in [0.2, 0.25) is 0 Å². The van der Waals surface area contributed by atoms with Gasteiger partial charge in [0.05, 0.1) is 0 Å². The van der Waals surface area contributed by atoms with Gasteiger partial charge in [0.1, 0.15) is 5.82 Å². The lowest BCUT2D eigenvalue weighted by atomic mass is 10.0. The number of aryl methyl sites for hydroxylation is 1. The highest BCUT2D eigenvalue weighted by atomic mass is 19.1. The van der Waals surface area contributed by atoms with E-state index in [0.29, 0.717) is 6.04 Å². The smallest absolute Gasteiger partial charge is 0.123 e. The standard InChI is InChI=1S/C17H27FN2/c1-3-9-19-17-5-4-10-20(13-17)11-8-15-6-7-16(18)12-14(15)2/h6-7,12,17,19H,3-5,8-11,13H2,1-2H3. The molecule has 1 fully saturated rings. The maximum Gasteiger partial charge on any atom is 0.123 e. The molecule has 0 spiro atoms. The van der Waals surface area contributed by atoms with Crippen molar-refractivity contribution in [1.29, 1.82) is 0 Å². The zero-order valence-electron chi connectivity index (χ0n) is 12.8. The number of rotatable bonds is 6. The van der Waals surface area contributed by atoms with Crippen LogP contribution in [0.15, 0.2) is 18.2 Å². The Hall–Kier alpha value is -0.930. The van der Waals surface area contributed by atoms with Crippen LogP contribution in [0.25, 0.3) is 0 Å². The van der Waals surface area contributed by atoms with Crippen LogP contribution >= 0.6 is 0 Å². The van der Waals surface area contributed by atoms with Crippen LogP contribution in [0, 0.1) is 12.7 Å². The predicted octanol–water partition coefficient (Wildman–Crippen LogP) is 3.14. The molecule has 1 aliphatic heterocycles. The van der Waals surface area contributed by atoms with Crippen LogP contribution in [0.4, 0.5) is 4.39 Å². The van der Waals surface area contributed by atoms with E-state index in [-0.39, 0.29) is 5.82 Å². The number of nitrogens with one attached hydrogen (secondary N) is 1. The van der Waals surface area contributed by atoms with Gasteiger partial charge in [-0.25, -0.2) is 4.39 Å². The van der Waals surface area contributed by atoms with Gasteiger partial charge in [0.15, 0.2) is 0 Å². The quantitative estimate of drug-likeness (QED) is 0.860. The molecule has 0 aromatic heterocycles. The Morgan fingerprint density at radius 3 is 3.00 bits per heavy atom. The third-order valence-electron chi connectivity index (χ3n) is 4.19. The molecule has 2 rings (SSSR count). The summed E-state index contributed by atoms with van der Waals surface area (Å²) < 4.78 is 13.1. The Bertz CT molecular complexity index is 419. The van der Waals surface area contributed by atoms with E-state index in [2.05, 4.69) is 17.1 Å². The number of nitrogens with zero attached hydrogens (tertiary/aromatic N) is 1. The van der Waals surface area contributed by atoms with Crippen LogP contribution in [-0.4, -0.2) is 37.1 Å². The Balaban J connectivity index is 1.81. The number of benzene rings is 1. The van der Waals surface area contributed by atoms with E-state index in [1.807, 2.05) is 13.0 Å². The molecule has 1 saturated heterocycles. The molecular weight excluding hydrogens is 251 g/mol. The van der Waals surface area contributed by atoms with Gasteiger partial charge in [0.2, 0.25) is 0 Å². The van der Waals surface area contributed by atoms with E-state index in [4.69, 9.17) is 0 Å². The molecule has 1 aromatic carbocycles. The summed E-state index contributed by atoms with van der Waals surface area (Å²) in [6.45, 7) is 8.77. The van der Waals surface area contributed by atoms with E-state index in [9.17, 15) is 4.39 Å². The average molecular weight is 278 g/mol. The van der Waals surface area contributed by atoms with Gasteiger partial charge >= 0.3 is 0 Å². The molecule has 0 aliphatic carbocycles. The molecule has 0 radical (unpaired) electrons. The molecule has 1 unspecified atom stereocenters. The summed E-state index contributed by atoms with van der Waals surface area (Å²) in [6, 6.07) is 5.79. The van der Waals surface area contributed by atoms with Gasteiger partial charge in [0, 0.05) is 19.1 Å². The zero-order chi connectivity index (χ0) is 14.4. The summed E-state index contributed by atoms with van der Waals surface area (Å²) in [6.07, 6.45) is 4.80. The number of halogens is 1. The Kier molecular flexibility index (Phi) is 5.99. The second kappa shape index (κ2) is 7.75. The highest BCUT2D eigenvalue weighted by Crippen LogP contribution is 2.14.